The van der Waals surface area contributed by atoms with Gasteiger partial charge in [-0.05, 0) is 40.5 Å². The summed E-state index contributed by atoms with van der Waals surface area (Å²) in [6, 6.07) is 0.0763. The highest BCUT2D eigenvalue weighted by Gasteiger charge is 2.29. The van der Waals surface area contributed by atoms with Gasteiger partial charge in [-0.3, -0.25) is 14.8 Å². The molecular formula is C14H22N4O4. The number of nitrogens with zero attached hydrogens (tertiary/aromatic N) is 4. The van der Waals surface area contributed by atoms with E-state index in [1.54, 1.807) is 16.5 Å². The second kappa shape index (κ2) is 5.94. The maximum Gasteiger partial charge on any atom is 0.410 e. The summed E-state index contributed by atoms with van der Waals surface area (Å²) in [6.07, 6.45) is 2.39. The van der Waals surface area contributed by atoms with Gasteiger partial charge in [0.1, 0.15) is 17.5 Å². The molecule has 0 aromatic carbocycles. The van der Waals surface area contributed by atoms with Crippen LogP contribution in [0.5, 0.6) is 0 Å². The van der Waals surface area contributed by atoms with Gasteiger partial charge in [-0.2, -0.15) is 5.10 Å². The quantitative estimate of drug-likeness (QED) is 0.618. The fraction of sp³-hybridized carbons (Fsp3) is 0.714. The van der Waals surface area contributed by atoms with Gasteiger partial charge >= 0.3 is 11.8 Å². The smallest absolute Gasteiger partial charge is 0.410 e. The summed E-state index contributed by atoms with van der Waals surface area (Å²) in [4.78, 5) is 24.1. The lowest BCUT2D eigenvalue weighted by atomic mass is 10.1. The van der Waals surface area contributed by atoms with E-state index in [1.807, 2.05) is 20.8 Å². The van der Waals surface area contributed by atoms with Gasteiger partial charge in [-0.1, -0.05) is 0 Å². The summed E-state index contributed by atoms with van der Waals surface area (Å²) < 4.78 is 7.05. The average molecular weight is 310 g/mol. The number of amides is 1. The number of nitro groups is 1. The van der Waals surface area contributed by atoms with Gasteiger partial charge in [0.05, 0.1) is 11.0 Å². The van der Waals surface area contributed by atoms with Crippen LogP contribution < -0.4 is 0 Å². The van der Waals surface area contributed by atoms with Crippen molar-refractivity contribution in [3.63, 3.8) is 0 Å². The molecule has 0 saturated carbocycles. The summed E-state index contributed by atoms with van der Waals surface area (Å²) in [5.74, 6) is 0. The van der Waals surface area contributed by atoms with Crippen LogP contribution in [-0.2, 0) is 4.74 Å². The van der Waals surface area contributed by atoms with Crippen LogP contribution in [0, 0.1) is 17.0 Å². The normalized spacial score (nSPS) is 16.6. The lowest BCUT2D eigenvalue weighted by Gasteiger charge is -2.33. The highest BCUT2D eigenvalue weighted by atomic mass is 16.6. The van der Waals surface area contributed by atoms with Crippen LogP contribution in [0.1, 0.15) is 45.3 Å². The van der Waals surface area contributed by atoms with Crippen LogP contribution in [-0.4, -0.2) is 44.4 Å². The van der Waals surface area contributed by atoms with Crippen molar-refractivity contribution in [3.05, 3.63) is 22.0 Å². The number of carbonyl (C=O) groups is 1. The fourth-order valence-electron chi connectivity index (χ4n) is 2.58. The third kappa shape index (κ3) is 3.55. The van der Waals surface area contributed by atoms with Crippen molar-refractivity contribution in [2.75, 3.05) is 13.1 Å². The molecule has 0 aliphatic carbocycles. The third-order valence-corrected chi connectivity index (χ3v) is 3.68. The highest BCUT2D eigenvalue weighted by Crippen LogP contribution is 2.27. The van der Waals surface area contributed by atoms with E-state index in [1.165, 1.54) is 6.20 Å². The molecule has 1 aliphatic rings. The first kappa shape index (κ1) is 16.3. The molecule has 122 valence electrons. The van der Waals surface area contributed by atoms with Crippen LogP contribution in [0.25, 0.3) is 0 Å². The van der Waals surface area contributed by atoms with E-state index in [0.717, 1.165) is 0 Å². The Morgan fingerprint density at radius 3 is 2.45 bits per heavy atom. The molecule has 2 rings (SSSR count). The molecule has 0 atom stereocenters. The molecule has 1 saturated heterocycles. The van der Waals surface area contributed by atoms with Crippen molar-refractivity contribution in [3.8, 4) is 0 Å². The molecule has 0 unspecified atom stereocenters. The SMILES string of the molecule is Cc1c([N+](=O)[O-])cnn1C1CCN(C(=O)OC(C)(C)C)CC1. The molecule has 0 bridgehead atoms. The van der Waals surface area contributed by atoms with Crippen LogP contribution in [0.3, 0.4) is 0 Å². The molecule has 1 aromatic rings. The van der Waals surface area contributed by atoms with E-state index in [9.17, 15) is 14.9 Å². The van der Waals surface area contributed by atoms with Crippen LogP contribution in [0.4, 0.5) is 10.5 Å². The van der Waals surface area contributed by atoms with Gasteiger partial charge < -0.3 is 9.64 Å². The molecule has 8 nitrogen and oxygen atoms in total. The summed E-state index contributed by atoms with van der Waals surface area (Å²) in [6.45, 7) is 8.34. The zero-order valence-electron chi connectivity index (χ0n) is 13.4. The zero-order valence-corrected chi connectivity index (χ0v) is 13.4. The Balaban J connectivity index is 1.98. The van der Waals surface area contributed by atoms with Crippen molar-refractivity contribution in [2.24, 2.45) is 0 Å². The van der Waals surface area contributed by atoms with E-state index in [0.29, 0.717) is 31.6 Å². The first-order chi connectivity index (χ1) is 10.2. The number of aromatic nitrogens is 2. The third-order valence-electron chi connectivity index (χ3n) is 3.68. The lowest BCUT2D eigenvalue weighted by molar-refractivity contribution is -0.385. The molecule has 0 N–H and O–H groups in total. The second-order valence-corrected chi connectivity index (χ2v) is 6.52. The van der Waals surface area contributed by atoms with E-state index in [-0.39, 0.29) is 17.8 Å². The zero-order chi connectivity index (χ0) is 16.5. The Kier molecular flexibility index (Phi) is 4.39. The standard InChI is InChI=1S/C14H22N4O4/c1-10-12(18(20)21)9-15-17(10)11-5-7-16(8-6-11)13(19)22-14(2,3)4/h9,11H,5-8H2,1-4H3. The minimum atomic E-state index is -0.507. The monoisotopic (exact) mass is 310 g/mol. The maximum atomic E-state index is 12.0. The van der Waals surface area contributed by atoms with Crippen molar-refractivity contribution in [2.45, 2.75) is 52.2 Å². The number of rotatable bonds is 2. The first-order valence-electron chi connectivity index (χ1n) is 7.35. The van der Waals surface area contributed by atoms with Gasteiger partial charge in [0.25, 0.3) is 0 Å². The fourth-order valence-corrected chi connectivity index (χ4v) is 2.58. The van der Waals surface area contributed by atoms with Gasteiger partial charge in [-0.25, -0.2) is 4.79 Å². The predicted octanol–water partition coefficient (Wildman–Crippen LogP) is 2.67. The van der Waals surface area contributed by atoms with E-state index < -0.39 is 10.5 Å². The number of carbonyl (C=O) groups excluding carboxylic acids is 1. The lowest BCUT2D eigenvalue weighted by Crippen LogP contribution is -2.42. The molecule has 1 aliphatic heterocycles. The Labute approximate surface area is 129 Å². The van der Waals surface area contributed by atoms with Crippen LogP contribution >= 0.6 is 0 Å². The summed E-state index contributed by atoms with van der Waals surface area (Å²) in [5.41, 5.74) is 0.0860. The van der Waals surface area contributed by atoms with E-state index in [4.69, 9.17) is 4.74 Å². The number of likely N-dealkylation sites (tertiary alicyclic amines) is 1. The number of piperidine rings is 1. The molecule has 0 radical (unpaired) electrons. The first-order valence-corrected chi connectivity index (χ1v) is 7.35. The van der Waals surface area contributed by atoms with E-state index in [2.05, 4.69) is 5.10 Å². The Bertz CT molecular complexity index is 568. The molecule has 22 heavy (non-hydrogen) atoms. The van der Waals surface area contributed by atoms with Gasteiger partial charge in [0, 0.05) is 13.1 Å². The molecule has 1 amide bonds. The van der Waals surface area contributed by atoms with Crippen LogP contribution in [0.15, 0.2) is 6.20 Å². The van der Waals surface area contributed by atoms with Gasteiger partial charge in [-0.15, -0.1) is 0 Å². The van der Waals surface area contributed by atoms with Crippen molar-refractivity contribution >= 4 is 11.8 Å². The van der Waals surface area contributed by atoms with Gasteiger partial charge in [0.2, 0.25) is 0 Å². The summed E-state index contributed by atoms with van der Waals surface area (Å²) >= 11 is 0. The number of ether oxygens (including phenoxy) is 1. The minimum Gasteiger partial charge on any atom is -0.444 e. The topological polar surface area (TPSA) is 90.5 Å². The molecule has 1 fully saturated rings. The predicted molar refractivity (Wildman–Crippen MR) is 79.7 cm³/mol. The molecule has 1 aromatic heterocycles. The molecule has 2 heterocycles. The minimum absolute atomic E-state index is 0.0366. The largest absolute Gasteiger partial charge is 0.444 e. The van der Waals surface area contributed by atoms with Gasteiger partial charge in [0.15, 0.2) is 0 Å². The van der Waals surface area contributed by atoms with Crippen LogP contribution in [0.2, 0.25) is 0 Å². The highest BCUT2D eigenvalue weighted by molar-refractivity contribution is 5.68. The molecular weight excluding hydrogens is 288 g/mol. The van der Waals surface area contributed by atoms with E-state index >= 15 is 0 Å². The summed E-state index contributed by atoms with van der Waals surface area (Å²) in [7, 11) is 0. The molecule has 8 heteroatoms. The second-order valence-electron chi connectivity index (χ2n) is 6.52. The number of hydrogen-bond donors (Lipinski definition) is 0. The average Bonchev–Trinajstić information content (AvgIpc) is 2.79. The maximum absolute atomic E-state index is 12.0. The Morgan fingerprint density at radius 1 is 1.41 bits per heavy atom. The van der Waals surface area contributed by atoms with Crippen molar-refractivity contribution in [1.29, 1.82) is 0 Å². The number of hydrogen-bond acceptors (Lipinski definition) is 5. The molecule has 0 spiro atoms. The Hall–Kier alpha value is -2.12. The summed E-state index contributed by atoms with van der Waals surface area (Å²) in [5, 5.41) is 15.0. The Morgan fingerprint density at radius 2 is 2.00 bits per heavy atom. The van der Waals surface area contributed by atoms with Crippen molar-refractivity contribution in [1.82, 2.24) is 14.7 Å². The van der Waals surface area contributed by atoms with Crippen molar-refractivity contribution < 1.29 is 14.5 Å².